The molecule has 1 aromatic carbocycles. The van der Waals surface area contributed by atoms with Crippen molar-refractivity contribution in [1.82, 2.24) is 4.90 Å². The van der Waals surface area contributed by atoms with E-state index in [1.807, 2.05) is 0 Å². The minimum Gasteiger partial charge on any atom is -0.369 e. The average Bonchev–Trinajstić information content (AvgIpc) is 3.09. The Labute approximate surface area is 96.2 Å². The Morgan fingerprint density at radius 1 is 1.25 bits per heavy atom. The van der Waals surface area contributed by atoms with Crippen molar-refractivity contribution in [1.29, 1.82) is 0 Å². The summed E-state index contributed by atoms with van der Waals surface area (Å²) in [4.78, 5) is 2.65. The molecule has 2 saturated heterocycles. The zero-order chi connectivity index (χ0) is 10.6. The van der Waals surface area contributed by atoms with Crippen LogP contribution in [-0.4, -0.2) is 30.2 Å². The number of ether oxygens (including phenoxy) is 1. The predicted octanol–water partition coefficient (Wildman–Crippen LogP) is 2.15. The Morgan fingerprint density at radius 3 is 3.00 bits per heavy atom. The van der Waals surface area contributed by atoms with Crippen LogP contribution in [0.3, 0.4) is 0 Å². The van der Waals surface area contributed by atoms with Crippen molar-refractivity contribution in [2.45, 2.75) is 30.9 Å². The topological polar surface area (TPSA) is 15.8 Å². The quantitative estimate of drug-likeness (QED) is 0.616. The van der Waals surface area contributed by atoms with E-state index >= 15 is 0 Å². The second-order valence-electron chi connectivity index (χ2n) is 5.43. The van der Waals surface area contributed by atoms with E-state index in [0.29, 0.717) is 6.04 Å². The summed E-state index contributed by atoms with van der Waals surface area (Å²) in [5.41, 5.74) is 3.38. The number of benzene rings is 1. The van der Waals surface area contributed by atoms with E-state index < -0.39 is 0 Å². The van der Waals surface area contributed by atoms with E-state index in [9.17, 15) is 0 Å². The minimum atomic E-state index is 0.269. The standard InChI is InChI=1S/C14H17NO/c1-2-4-12-11(3-1)5-7-15-8-6-14(10-16-14)9-13(12)15/h1-4,13H,5-10H2/t13?,14-/m0/s1. The van der Waals surface area contributed by atoms with Gasteiger partial charge in [0, 0.05) is 19.1 Å². The lowest BCUT2D eigenvalue weighted by atomic mass is 9.82. The fourth-order valence-corrected chi connectivity index (χ4v) is 3.38. The zero-order valence-corrected chi connectivity index (χ0v) is 9.48. The lowest BCUT2D eigenvalue weighted by Gasteiger charge is -2.42. The lowest BCUT2D eigenvalue weighted by Crippen LogP contribution is -2.44. The van der Waals surface area contributed by atoms with Crippen molar-refractivity contribution in [2.75, 3.05) is 19.7 Å². The third-order valence-electron chi connectivity index (χ3n) is 4.50. The molecule has 0 bridgehead atoms. The molecule has 0 amide bonds. The van der Waals surface area contributed by atoms with E-state index in [-0.39, 0.29) is 5.60 Å². The zero-order valence-electron chi connectivity index (χ0n) is 9.48. The molecule has 1 spiro atoms. The monoisotopic (exact) mass is 215 g/mol. The fourth-order valence-electron chi connectivity index (χ4n) is 3.38. The first kappa shape index (κ1) is 9.20. The van der Waals surface area contributed by atoms with E-state index in [1.54, 1.807) is 11.1 Å². The smallest absolute Gasteiger partial charge is 0.0946 e. The molecule has 2 nitrogen and oxygen atoms in total. The van der Waals surface area contributed by atoms with Crippen LogP contribution in [0.4, 0.5) is 0 Å². The first-order chi connectivity index (χ1) is 7.86. The van der Waals surface area contributed by atoms with Crippen molar-refractivity contribution in [2.24, 2.45) is 0 Å². The normalized spacial score (nSPS) is 36.9. The summed E-state index contributed by atoms with van der Waals surface area (Å²) in [6, 6.07) is 9.58. The maximum absolute atomic E-state index is 5.67. The van der Waals surface area contributed by atoms with Gasteiger partial charge >= 0.3 is 0 Å². The van der Waals surface area contributed by atoms with Crippen molar-refractivity contribution >= 4 is 0 Å². The van der Waals surface area contributed by atoms with Gasteiger partial charge in [-0.25, -0.2) is 0 Å². The van der Waals surface area contributed by atoms with Crippen molar-refractivity contribution in [3.05, 3.63) is 35.4 Å². The Bertz CT molecular complexity index is 424. The molecule has 3 aliphatic heterocycles. The van der Waals surface area contributed by atoms with Gasteiger partial charge < -0.3 is 4.74 Å². The van der Waals surface area contributed by atoms with Crippen molar-refractivity contribution < 1.29 is 4.74 Å². The first-order valence-electron chi connectivity index (χ1n) is 6.32. The summed E-state index contributed by atoms with van der Waals surface area (Å²) in [5, 5.41) is 0. The van der Waals surface area contributed by atoms with Gasteiger partial charge in [0.2, 0.25) is 0 Å². The second kappa shape index (κ2) is 3.08. The van der Waals surface area contributed by atoms with Crippen LogP contribution in [0.15, 0.2) is 24.3 Å². The van der Waals surface area contributed by atoms with Gasteiger partial charge in [0.25, 0.3) is 0 Å². The third kappa shape index (κ3) is 1.26. The largest absolute Gasteiger partial charge is 0.369 e. The maximum atomic E-state index is 5.67. The van der Waals surface area contributed by atoms with Crippen LogP contribution in [-0.2, 0) is 11.2 Å². The molecule has 16 heavy (non-hydrogen) atoms. The molecule has 1 unspecified atom stereocenters. The molecule has 2 fully saturated rings. The molecule has 2 heteroatoms. The van der Waals surface area contributed by atoms with Gasteiger partial charge in [0.1, 0.15) is 0 Å². The van der Waals surface area contributed by atoms with Gasteiger partial charge in [-0.3, -0.25) is 4.90 Å². The number of rotatable bonds is 0. The minimum absolute atomic E-state index is 0.269. The third-order valence-corrected chi connectivity index (χ3v) is 4.50. The maximum Gasteiger partial charge on any atom is 0.0946 e. The van der Waals surface area contributed by atoms with Crippen molar-refractivity contribution in [3.63, 3.8) is 0 Å². The molecule has 0 N–H and O–H groups in total. The highest BCUT2D eigenvalue weighted by Crippen LogP contribution is 2.47. The van der Waals surface area contributed by atoms with Gasteiger partial charge in [0.05, 0.1) is 12.2 Å². The van der Waals surface area contributed by atoms with Gasteiger partial charge in [-0.15, -0.1) is 0 Å². The molecule has 2 atom stereocenters. The summed E-state index contributed by atoms with van der Waals surface area (Å²) < 4.78 is 5.67. The molecule has 0 radical (unpaired) electrons. The molecular weight excluding hydrogens is 198 g/mol. The molecule has 0 aromatic heterocycles. The fraction of sp³-hybridized carbons (Fsp3) is 0.571. The Balaban J connectivity index is 1.73. The molecule has 0 aliphatic carbocycles. The van der Waals surface area contributed by atoms with E-state index in [1.165, 1.54) is 32.4 Å². The lowest BCUT2D eigenvalue weighted by molar-refractivity contribution is 0.0803. The number of nitrogens with zero attached hydrogens (tertiary/aromatic N) is 1. The Hall–Kier alpha value is -0.860. The first-order valence-corrected chi connectivity index (χ1v) is 6.32. The summed E-state index contributed by atoms with van der Waals surface area (Å²) in [5.74, 6) is 0. The average molecular weight is 215 g/mol. The van der Waals surface area contributed by atoms with Crippen LogP contribution in [0.5, 0.6) is 0 Å². The Kier molecular flexibility index (Phi) is 1.77. The van der Waals surface area contributed by atoms with Crippen LogP contribution in [0, 0.1) is 0 Å². The van der Waals surface area contributed by atoms with Crippen molar-refractivity contribution in [3.8, 4) is 0 Å². The van der Waals surface area contributed by atoms with Gasteiger partial charge in [-0.1, -0.05) is 24.3 Å². The van der Waals surface area contributed by atoms with Crippen LogP contribution in [0.2, 0.25) is 0 Å². The number of piperidine rings is 1. The molecule has 3 heterocycles. The molecule has 1 aromatic rings. The predicted molar refractivity (Wildman–Crippen MR) is 62.4 cm³/mol. The highest BCUT2D eigenvalue weighted by Gasteiger charge is 2.51. The van der Waals surface area contributed by atoms with Gasteiger partial charge in [-0.2, -0.15) is 0 Å². The summed E-state index contributed by atoms with van der Waals surface area (Å²) in [7, 11) is 0. The van der Waals surface area contributed by atoms with Crippen LogP contribution >= 0.6 is 0 Å². The van der Waals surface area contributed by atoms with Gasteiger partial charge in [-0.05, 0) is 30.4 Å². The van der Waals surface area contributed by atoms with Crippen LogP contribution in [0.1, 0.15) is 30.0 Å². The highest BCUT2D eigenvalue weighted by molar-refractivity contribution is 5.33. The summed E-state index contributed by atoms with van der Waals surface area (Å²) in [6.45, 7) is 3.45. The SMILES string of the molecule is c1ccc2c(c1)CCN1CC[C@@]3(CO3)CC21. The van der Waals surface area contributed by atoms with Gasteiger partial charge in [0.15, 0.2) is 0 Å². The summed E-state index contributed by atoms with van der Waals surface area (Å²) in [6.07, 6.45) is 3.68. The van der Waals surface area contributed by atoms with E-state index in [4.69, 9.17) is 4.74 Å². The molecule has 0 saturated carbocycles. The molecule has 84 valence electrons. The summed E-state index contributed by atoms with van der Waals surface area (Å²) >= 11 is 0. The van der Waals surface area contributed by atoms with E-state index in [2.05, 4.69) is 29.2 Å². The van der Waals surface area contributed by atoms with E-state index in [0.717, 1.165) is 6.61 Å². The van der Waals surface area contributed by atoms with Crippen LogP contribution < -0.4 is 0 Å². The van der Waals surface area contributed by atoms with Crippen LogP contribution in [0.25, 0.3) is 0 Å². The molecule has 4 rings (SSSR count). The number of hydrogen-bond donors (Lipinski definition) is 0. The number of epoxide rings is 1. The highest BCUT2D eigenvalue weighted by atomic mass is 16.6. The Morgan fingerprint density at radius 2 is 2.12 bits per heavy atom. The number of fused-ring (bicyclic) bond motifs is 3. The second-order valence-corrected chi connectivity index (χ2v) is 5.43. The molecule has 3 aliphatic rings. The number of hydrogen-bond acceptors (Lipinski definition) is 2. The molecular formula is C14H17NO.